The molecule has 2 atom stereocenters. The summed E-state index contributed by atoms with van der Waals surface area (Å²) in [6.07, 6.45) is 0. The van der Waals surface area contributed by atoms with Crippen LogP contribution in [0.4, 0.5) is 0 Å². The molecule has 0 aliphatic heterocycles. The van der Waals surface area contributed by atoms with Crippen molar-refractivity contribution in [1.29, 1.82) is 0 Å². The largest absolute Gasteiger partial charge is 0.468 e. The first-order valence-electron chi connectivity index (χ1n) is 6.08. The number of ether oxygens (including phenoxy) is 1. The Bertz CT molecular complexity index is 480. The molecule has 4 nitrogen and oxygen atoms in total. The van der Waals surface area contributed by atoms with E-state index < -0.39 is 27.7 Å². The van der Waals surface area contributed by atoms with Crippen LogP contribution in [0.25, 0.3) is 0 Å². The highest BCUT2D eigenvalue weighted by atomic mass is 32.2. The third kappa shape index (κ3) is 4.14. The van der Waals surface area contributed by atoms with Gasteiger partial charge < -0.3 is 4.74 Å². The van der Waals surface area contributed by atoms with E-state index in [1.54, 1.807) is 0 Å². The van der Waals surface area contributed by atoms with Crippen molar-refractivity contribution in [2.75, 3.05) is 7.11 Å². The monoisotopic (exact) mass is 283 g/mol. The lowest BCUT2D eigenvalue weighted by atomic mass is 10.0. The average molecular weight is 283 g/mol. The minimum atomic E-state index is -1.35. The summed E-state index contributed by atoms with van der Waals surface area (Å²) < 4.78 is 19.4. The molecule has 0 saturated carbocycles. The molecule has 0 saturated heterocycles. The van der Waals surface area contributed by atoms with E-state index in [2.05, 4.69) is 4.72 Å². The zero-order valence-electron chi connectivity index (χ0n) is 12.0. The van der Waals surface area contributed by atoms with E-state index in [1.165, 1.54) is 7.11 Å². The summed E-state index contributed by atoms with van der Waals surface area (Å²) in [7, 11) is -0.0205. The summed E-state index contributed by atoms with van der Waals surface area (Å²) >= 11 is 0. The highest BCUT2D eigenvalue weighted by molar-refractivity contribution is 7.84. The molecule has 1 N–H and O–H groups in total. The number of carbonyl (C=O) groups excluding carboxylic acids is 1. The standard InChI is InChI=1S/C14H21NO3S/c1-10-8-6-7-9-11(10)12(13(16)18-5)15-19(17)14(2,3)4/h6-9,12,15H,1-5H3/t12-,19-/m1/s1. The zero-order valence-corrected chi connectivity index (χ0v) is 12.8. The Morgan fingerprint density at radius 1 is 1.32 bits per heavy atom. The van der Waals surface area contributed by atoms with Crippen LogP contribution in [0, 0.1) is 6.92 Å². The normalized spacial score (nSPS) is 14.8. The summed E-state index contributed by atoms with van der Waals surface area (Å²) in [5.41, 5.74) is 1.74. The minimum Gasteiger partial charge on any atom is -0.468 e. The van der Waals surface area contributed by atoms with E-state index in [9.17, 15) is 9.00 Å². The highest BCUT2D eigenvalue weighted by Crippen LogP contribution is 2.21. The maximum Gasteiger partial charge on any atom is 0.328 e. The van der Waals surface area contributed by atoms with Gasteiger partial charge in [0.05, 0.1) is 22.8 Å². The first-order valence-corrected chi connectivity index (χ1v) is 7.23. The quantitative estimate of drug-likeness (QED) is 0.862. The van der Waals surface area contributed by atoms with Gasteiger partial charge in [0.25, 0.3) is 0 Å². The predicted molar refractivity (Wildman–Crippen MR) is 77.0 cm³/mol. The van der Waals surface area contributed by atoms with Crippen LogP contribution >= 0.6 is 0 Å². The van der Waals surface area contributed by atoms with Crippen LogP contribution in [0.2, 0.25) is 0 Å². The Labute approximate surface area is 117 Å². The molecule has 1 aromatic carbocycles. The van der Waals surface area contributed by atoms with Crippen LogP contribution in [0.15, 0.2) is 24.3 Å². The van der Waals surface area contributed by atoms with E-state index in [1.807, 2.05) is 52.0 Å². The van der Waals surface area contributed by atoms with Crippen molar-refractivity contribution in [3.05, 3.63) is 35.4 Å². The fourth-order valence-corrected chi connectivity index (χ4v) is 2.34. The van der Waals surface area contributed by atoms with Crippen molar-refractivity contribution in [3.8, 4) is 0 Å². The molecule has 0 spiro atoms. The average Bonchev–Trinajstić information content (AvgIpc) is 2.34. The number of hydrogen-bond donors (Lipinski definition) is 1. The van der Waals surface area contributed by atoms with Gasteiger partial charge in [-0.25, -0.2) is 13.7 Å². The van der Waals surface area contributed by atoms with Crippen LogP contribution in [-0.2, 0) is 20.5 Å². The molecule has 0 aliphatic rings. The third-order valence-electron chi connectivity index (χ3n) is 2.72. The van der Waals surface area contributed by atoms with Crippen LogP contribution in [0.1, 0.15) is 37.9 Å². The zero-order chi connectivity index (χ0) is 14.6. The van der Waals surface area contributed by atoms with Gasteiger partial charge in [-0.1, -0.05) is 24.3 Å². The second-order valence-electron chi connectivity index (χ2n) is 5.31. The Balaban J connectivity index is 3.07. The molecule has 0 radical (unpaired) electrons. The minimum absolute atomic E-state index is 0.438. The first kappa shape index (κ1) is 15.9. The van der Waals surface area contributed by atoms with Gasteiger partial charge in [-0.15, -0.1) is 0 Å². The lowest BCUT2D eigenvalue weighted by Gasteiger charge is -2.23. The van der Waals surface area contributed by atoms with Crippen LogP contribution < -0.4 is 4.72 Å². The molecule has 5 heteroatoms. The maximum atomic E-state index is 12.2. The second kappa shape index (κ2) is 6.30. The molecule has 0 unspecified atom stereocenters. The molecule has 0 fully saturated rings. The lowest BCUT2D eigenvalue weighted by Crippen LogP contribution is -2.39. The Morgan fingerprint density at radius 2 is 1.89 bits per heavy atom. The molecule has 0 aromatic heterocycles. The fourth-order valence-electron chi connectivity index (χ4n) is 1.55. The lowest BCUT2D eigenvalue weighted by molar-refractivity contribution is -0.142. The maximum absolute atomic E-state index is 12.2. The molecule has 1 rings (SSSR count). The molecular weight excluding hydrogens is 262 g/mol. The van der Waals surface area contributed by atoms with Crippen LogP contribution in [-0.4, -0.2) is 22.0 Å². The summed E-state index contributed by atoms with van der Waals surface area (Å²) in [5.74, 6) is -0.438. The number of carbonyl (C=O) groups is 1. The molecule has 19 heavy (non-hydrogen) atoms. The van der Waals surface area contributed by atoms with Gasteiger partial charge in [0.2, 0.25) is 0 Å². The predicted octanol–water partition coefficient (Wildman–Crippen LogP) is 2.26. The van der Waals surface area contributed by atoms with Gasteiger partial charge >= 0.3 is 5.97 Å². The van der Waals surface area contributed by atoms with Gasteiger partial charge in [0.15, 0.2) is 0 Å². The van der Waals surface area contributed by atoms with E-state index in [0.29, 0.717) is 0 Å². The van der Waals surface area contributed by atoms with Crippen molar-refractivity contribution in [3.63, 3.8) is 0 Å². The van der Waals surface area contributed by atoms with Gasteiger partial charge in [0.1, 0.15) is 6.04 Å². The van der Waals surface area contributed by atoms with Crippen molar-refractivity contribution < 1.29 is 13.7 Å². The summed E-state index contributed by atoms with van der Waals surface area (Å²) in [6.45, 7) is 7.46. The van der Waals surface area contributed by atoms with Gasteiger partial charge in [-0.2, -0.15) is 0 Å². The van der Waals surface area contributed by atoms with Crippen molar-refractivity contribution in [2.45, 2.75) is 38.5 Å². The van der Waals surface area contributed by atoms with Crippen LogP contribution in [0.5, 0.6) is 0 Å². The number of aryl methyl sites for hydroxylation is 1. The highest BCUT2D eigenvalue weighted by Gasteiger charge is 2.29. The molecule has 0 bridgehead atoms. The summed E-state index contributed by atoms with van der Waals surface area (Å²) in [5, 5.41) is 0. The van der Waals surface area contributed by atoms with E-state index in [0.717, 1.165) is 11.1 Å². The van der Waals surface area contributed by atoms with Gasteiger partial charge in [0, 0.05) is 0 Å². The Morgan fingerprint density at radius 3 is 2.37 bits per heavy atom. The number of hydrogen-bond acceptors (Lipinski definition) is 3. The third-order valence-corrected chi connectivity index (χ3v) is 4.28. The fraction of sp³-hybridized carbons (Fsp3) is 0.500. The van der Waals surface area contributed by atoms with Crippen molar-refractivity contribution in [2.24, 2.45) is 0 Å². The molecule has 0 amide bonds. The molecular formula is C14H21NO3S. The first-order chi connectivity index (χ1) is 8.77. The number of methoxy groups -OCH3 is 1. The number of benzene rings is 1. The van der Waals surface area contributed by atoms with E-state index in [-0.39, 0.29) is 0 Å². The van der Waals surface area contributed by atoms with Gasteiger partial charge in [-0.05, 0) is 38.8 Å². The molecule has 0 heterocycles. The number of nitrogens with one attached hydrogen (secondary N) is 1. The van der Waals surface area contributed by atoms with E-state index in [4.69, 9.17) is 4.74 Å². The number of esters is 1. The van der Waals surface area contributed by atoms with Crippen molar-refractivity contribution >= 4 is 17.0 Å². The SMILES string of the molecule is COC(=O)[C@H](N[S@](=O)C(C)(C)C)c1ccccc1C. The summed E-state index contributed by atoms with van der Waals surface area (Å²) in [6, 6.07) is 6.77. The number of rotatable bonds is 4. The second-order valence-corrected chi connectivity index (χ2v) is 7.31. The van der Waals surface area contributed by atoms with Crippen molar-refractivity contribution in [1.82, 2.24) is 4.72 Å². The summed E-state index contributed by atoms with van der Waals surface area (Å²) in [4.78, 5) is 11.9. The molecule has 1 aromatic rings. The molecule has 0 aliphatic carbocycles. The van der Waals surface area contributed by atoms with Gasteiger partial charge in [-0.3, -0.25) is 0 Å². The Kier molecular flexibility index (Phi) is 5.26. The topological polar surface area (TPSA) is 55.4 Å². The molecule has 106 valence electrons. The Hall–Kier alpha value is -1.20. The van der Waals surface area contributed by atoms with E-state index >= 15 is 0 Å². The smallest absolute Gasteiger partial charge is 0.328 e. The van der Waals surface area contributed by atoms with Crippen LogP contribution in [0.3, 0.4) is 0 Å².